The quantitative estimate of drug-likeness (QED) is 0.361. The van der Waals surface area contributed by atoms with Crippen LogP contribution < -0.4 is 4.74 Å². The van der Waals surface area contributed by atoms with Crippen molar-refractivity contribution in [2.45, 2.75) is 26.3 Å². The lowest BCUT2D eigenvalue weighted by atomic mass is 9.94. The van der Waals surface area contributed by atoms with Gasteiger partial charge in [-0.25, -0.2) is 0 Å². The van der Waals surface area contributed by atoms with Crippen LogP contribution >= 0.6 is 11.6 Å². The van der Waals surface area contributed by atoms with Crippen molar-refractivity contribution in [3.05, 3.63) is 69.8 Å². The lowest BCUT2D eigenvalue weighted by Gasteiger charge is -2.26. The van der Waals surface area contributed by atoms with E-state index in [1.807, 2.05) is 57.1 Å². The van der Waals surface area contributed by atoms with Crippen LogP contribution in [-0.2, 0) is 9.59 Å². The molecule has 1 saturated heterocycles. The number of likely N-dealkylation sites (tertiary alicyclic amines) is 1. The normalized spacial score (nSPS) is 17.9. The van der Waals surface area contributed by atoms with Crippen LogP contribution in [0.2, 0.25) is 5.02 Å². The van der Waals surface area contributed by atoms with Crippen molar-refractivity contribution in [1.29, 1.82) is 0 Å². The van der Waals surface area contributed by atoms with Crippen LogP contribution in [0.5, 0.6) is 5.75 Å². The minimum Gasteiger partial charge on any atom is -0.507 e. The second-order valence-corrected chi connectivity index (χ2v) is 8.55. The highest BCUT2D eigenvalue weighted by Gasteiger charge is 2.46. The van der Waals surface area contributed by atoms with Gasteiger partial charge in [0.1, 0.15) is 11.5 Å². The number of benzene rings is 2. The molecule has 2 aromatic rings. The summed E-state index contributed by atoms with van der Waals surface area (Å²) in [4.78, 5) is 29.7. The number of hydrogen-bond donors (Lipinski definition) is 1. The molecule has 0 aromatic heterocycles. The largest absolute Gasteiger partial charge is 0.507 e. The molecule has 2 aromatic carbocycles. The zero-order valence-electron chi connectivity index (χ0n) is 18.9. The van der Waals surface area contributed by atoms with Gasteiger partial charge in [-0.1, -0.05) is 41.4 Å². The molecule has 3 rings (SSSR count). The van der Waals surface area contributed by atoms with E-state index in [9.17, 15) is 14.7 Å². The molecule has 7 heteroatoms. The van der Waals surface area contributed by atoms with Crippen molar-refractivity contribution in [3.63, 3.8) is 0 Å². The van der Waals surface area contributed by atoms with Crippen molar-refractivity contribution in [1.82, 2.24) is 9.80 Å². The number of amides is 1. The molecular weight excluding hydrogens is 428 g/mol. The smallest absolute Gasteiger partial charge is 0.295 e. The van der Waals surface area contributed by atoms with E-state index >= 15 is 0 Å². The molecule has 1 heterocycles. The highest BCUT2D eigenvalue weighted by molar-refractivity contribution is 6.47. The Hall–Kier alpha value is -2.83. The molecule has 6 nitrogen and oxygen atoms in total. The van der Waals surface area contributed by atoms with Crippen LogP contribution in [0.3, 0.4) is 0 Å². The summed E-state index contributed by atoms with van der Waals surface area (Å²) in [7, 11) is 3.92. The Kier molecular flexibility index (Phi) is 7.59. The average Bonchev–Trinajstić information content (AvgIpc) is 2.99. The van der Waals surface area contributed by atoms with Crippen molar-refractivity contribution >= 4 is 29.1 Å². The first kappa shape index (κ1) is 23.8. The molecular formula is C25H29ClN2O4. The van der Waals surface area contributed by atoms with E-state index in [1.54, 1.807) is 23.1 Å². The maximum atomic E-state index is 13.1. The van der Waals surface area contributed by atoms with E-state index in [2.05, 4.69) is 0 Å². The summed E-state index contributed by atoms with van der Waals surface area (Å²) in [6.07, 6.45) is 0.697. The SMILES string of the molecule is CCOc1ccc(Cl)c(/C(O)=C2\C(=O)C(=O)N(CCCN(C)C)C2c2cccc(C)c2)c1. The third-order valence-corrected chi connectivity index (χ3v) is 5.74. The van der Waals surface area contributed by atoms with Gasteiger partial charge in [0.15, 0.2) is 0 Å². The monoisotopic (exact) mass is 456 g/mol. The topological polar surface area (TPSA) is 70.1 Å². The van der Waals surface area contributed by atoms with Gasteiger partial charge >= 0.3 is 0 Å². The van der Waals surface area contributed by atoms with Crippen LogP contribution in [0, 0.1) is 6.92 Å². The zero-order valence-corrected chi connectivity index (χ0v) is 19.6. The number of nitrogens with zero attached hydrogens (tertiary/aromatic N) is 2. The minimum absolute atomic E-state index is 0.0426. The van der Waals surface area contributed by atoms with Crippen LogP contribution in [-0.4, -0.2) is 60.4 Å². The Labute approximate surface area is 194 Å². The molecule has 1 unspecified atom stereocenters. The zero-order chi connectivity index (χ0) is 23.4. The summed E-state index contributed by atoms with van der Waals surface area (Å²) in [6, 6.07) is 11.8. The predicted molar refractivity (Wildman–Crippen MR) is 126 cm³/mol. The summed E-state index contributed by atoms with van der Waals surface area (Å²) < 4.78 is 5.53. The molecule has 1 atom stereocenters. The molecule has 170 valence electrons. The van der Waals surface area contributed by atoms with E-state index in [-0.39, 0.29) is 21.9 Å². The Morgan fingerprint density at radius 1 is 1.19 bits per heavy atom. The first-order valence-corrected chi connectivity index (χ1v) is 11.0. The summed E-state index contributed by atoms with van der Waals surface area (Å²) in [6.45, 7) is 5.41. The molecule has 0 aliphatic carbocycles. The summed E-state index contributed by atoms with van der Waals surface area (Å²) >= 11 is 6.36. The lowest BCUT2D eigenvalue weighted by Crippen LogP contribution is -2.32. The van der Waals surface area contributed by atoms with E-state index < -0.39 is 17.7 Å². The van der Waals surface area contributed by atoms with Crippen LogP contribution in [0.1, 0.15) is 36.1 Å². The number of halogens is 1. The first-order valence-electron chi connectivity index (χ1n) is 10.7. The Balaban J connectivity index is 2.14. The van der Waals surface area contributed by atoms with Gasteiger partial charge in [-0.3, -0.25) is 9.59 Å². The number of ether oxygens (including phenoxy) is 1. The lowest BCUT2D eigenvalue weighted by molar-refractivity contribution is -0.139. The number of ketones is 1. The van der Waals surface area contributed by atoms with Crippen molar-refractivity contribution in [3.8, 4) is 5.75 Å². The number of carbonyl (C=O) groups is 2. The second kappa shape index (κ2) is 10.2. The number of aryl methyl sites for hydroxylation is 1. The number of rotatable bonds is 8. The van der Waals surface area contributed by atoms with Crippen LogP contribution in [0.15, 0.2) is 48.0 Å². The third kappa shape index (κ3) is 4.97. The Morgan fingerprint density at radius 2 is 1.94 bits per heavy atom. The number of Topliss-reactive ketones (excluding diaryl/α,β-unsaturated/α-hetero) is 1. The van der Waals surface area contributed by atoms with Gasteiger partial charge < -0.3 is 19.6 Å². The van der Waals surface area contributed by atoms with Gasteiger partial charge in [-0.15, -0.1) is 0 Å². The maximum Gasteiger partial charge on any atom is 0.295 e. The fourth-order valence-corrected chi connectivity index (χ4v) is 4.15. The van der Waals surface area contributed by atoms with E-state index in [1.165, 1.54) is 0 Å². The fraction of sp³-hybridized carbons (Fsp3) is 0.360. The number of hydrogen-bond acceptors (Lipinski definition) is 5. The molecule has 32 heavy (non-hydrogen) atoms. The molecule has 0 spiro atoms. The van der Waals surface area contributed by atoms with E-state index in [4.69, 9.17) is 16.3 Å². The van der Waals surface area contributed by atoms with Gasteiger partial charge in [0, 0.05) is 12.1 Å². The van der Waals surface area contributed by atoms with Crippen molar-refractivity contribution in [2.75, 3.05) is 33.8 Å². The van der Waals surface area contributed by atoms with Gasteiger partial charge in [-0.2, -0.15) is 0 Å². The molecule has 1 amide bonds. The second-order valence-electron chi connectivity index (χ2n) is 8.14. The van der Waals surface area contributed by atoms with E-state index in [0.717, 1.165) is 17.7 Å². The predicted octanol–water partition coefficient (Wildman–Crippen LogP) is 4.42. The minimum atomic E-state index is -0.711. The molecule has 1 aliphatic heterocycles. The van der Waals surface area contributed by atoms with Gasteiger partial charge in [0.05, 0.1) is 23.2 Å². The molecule has 0 bridgehead atoms. The van der Waals surface area contributed by atoms with Gasteiger partial charge in [0.2, 0.25) is 0 Å². The average molecular weight is 457 g/mol. The third-order valence-electron chi connectivity index (χ3n) is 5.41. The maximum absolute atomic E-state index is 13.1. The van der Waals surface area contributed by atoms with Gasteiger partial charge in [-0.05, 0) is 64.7 Å². The fourth-order valence-electron chi connectivity index (χ4n) is 3.94. The van der Waals surface area contributed by atoms with Crippen molar-refractivity contribution in [2.24, 2.45) is 0 Å². The van der Waals surface area contributed by atoms with Crippen LogP contribution in [0.25, 0.3) is 5.76 Å². The molecule has 0 saturated carbocycles. The molecule has 1 aliphatic rings. The molecule has 1 N–H and O–H groups in total. The molecule has 1 fully saturated rings. The summed E-state index contributed by atoms with van der Waals surface area (Å²) in [5.41, 5.74) is 2.08. The van der Waals surface area contributed by atoms with Crippen LogP contribution in [0.4, 0.5) is 0 Å². The summed E-state index contributed by atoms with van der Waals surface area (Å²) in [5, 5.41) is 11.5. The number of carbonyl (C=O) groups excluding carboxylic acids is 2. The standard InChI is InChI=1S/C25H29ClN2O4/c1-5-32-18-10-11-20(26)19(15-18)23(29)21-22(17-9-6-8-16(2)14-17)28(25(31)24(21)30)13-7-12-27(3)4/h6,8-11,14-15,22,29H,5,7,12-13H2,1-4H3/b23-21+. The van der Waals surface area contributed by atoms with E-state index in [0.29, 0.717) is 25.3 Å². The summed E-state index contributed by atoms with van der Waals surface area (Å²) in [5.74, 6) is -1.10. The highest BCUT2D eigenvalue weighted by atomic mass is 35.5. The Morgan fingerprint density at radius 3 is 2.59 bits per heavy atom. The van der Waals surface area contributed by atoms with Gasteiger partial charge in [0.25, 0.3) is 11.7 Å². The Bertz CT molecular complexity index is 1050. The number of aliphatic hydroxyl groups excluding tert-OH is 1. The molecule has 0 radical (unpaired) electrons. The van der Waals surface area contributed by atoms with Crippen molar-refractivity contribution < 1.29 is 19.4 Å². The highest BCUT2D eigenvalue weighted by Crippen LogP contribution is 2.41. The first-order chi connectivity index (χ1) is 15.2. The number of aliphatic hydroxyl groups is 1.